The van der Waals surface area contributed by atoms with Gasteiger partial charge in [0.15, 0.2) is 4.77 Å². The Labute approximate surface area is 130 Å². The van der Waals surface area contributed by atoms with Crippen LogP contribution in [0.3, 0.4) is 0 Å². The van der Waals surface area contributed by atoms with Gasteiger partial charge in [0.2, 0.25) is 0 Å². The van der Waals surface area contributed by atoms with Crippen LogP contribution in [0.15, 0.2) is 18.2 Å². The molecule has 3 rings (SSSR count). The highest BCUT2D eigenvalue weighted by atomic mass is 32.1. The summed E-state index contributed by atoms with van der Waals surface area (Å²) in [6, 6.07) is 8.05. The molecule has 4 heteroatoms. The van der Waals surface area contributed by atoms with Crippen molar-refractivity contribution >= 4 is 23.3 Å². The Kier molecular flexibility index (Phi) is 4.12. The Morgan fingerprint density at radius 1 is 1.43 bits per heavy atom. The third-order valence-electron chi connectivity index (χ3n) is 4.74. The number of hydrogen-bond donors (Lipinski definition) is 1. The van der Waals surface area contributed by atoms with Gasteiger partial charge in [0.1, 0.15) is 6.07 Å². The first-order valence-electron chi connectivity index (χ1n) is 7.80. The zero-order chi connectivity index (χ0) is 14.8. The summed E-state index contributed by atoms with van der Waals surface area (Å²) in [5.41, 5.74) is 2.61. The molecule has 0 saturated heterocycles. The first-order chi connectivity index (χ1) is 10.2. The standard InChI is InChI=1S/C17H21N3S/c1-12-4-2-5-13(10-12)8-9-20-15-7-3-6-14(11-18)16(15)19-17(20)21/h3,6-7,12-13H,2,4-5,8-10H2,1H3,(H,19,21). The number of benzene rings is 1. The smallest absolute Gasteiger partial charge is 0.178 e. The molecule has 1 heterocycles. The number of nitriles is 1. The summed E-state index contributed by atoms with van der Waals surface area (Å²) in [5.74, 6) is 1.68. The van der Waals surface area contributed by atoms with E-state index in [1.807, 2.05) is 18.2 Å². The van der Waals surface area contributed by atoms with Gasteiger partial charge >= 0.3 is 0 Å². The molecule has 0 spiro atoms. The fourth-order valence-corrected chi connectivity index (χ4v) is 3.92. The monoisotopic (exact) mass is 299 g/mol. The number of imidazole rings is 1. The van der Waals surface area contributed by atoms with E-state index in [4.69, 9.17) is 12.2 Å². The van der Waals surface area contributed by atoms with Gasteiger partial charge in [-0.05, 0) is 49.0 Å². The molecule has 1 saturated carbocycles. The number of rotatable bonds is 3. The molecule has 1 aromatic carbocycles. The quantitative estimate of drug-likeness (QED) is 0.828. The number of aryl methyl sites for hydroxylation is 1. The van der Waals surface area contributed by atoms with Gasteiger partial charge in [-0.1, -0.05) is 32.3 Å². The van der Waals surface area contributed by atoms with Gasteiger partial charge in [-0.2, -0.15) is 5.26 Å². The van der Waals surface area contributed by atoms with Gasteiger partial charge in [0, 0.05) is 6.54 Å². The lowest BCUT2D eigenvalue weighted by atomic mass is 9.81. The van der Waals surface area contributed by atoms with Crippen molar-refractivity contribution in [2.45, 2.75) is 45.6 Å². The minimum atomic E-state index is 0.670. The molecule has 110 valence electrons. The van der Waals surface area contributed by atoms with Crippen LogP contribution < -0.4 is 0 Å². The SMILES string of the molecule is CC1CCCC(CCn2c(=S)[nH]c3c(C#N)cccc32)C1. The second-order valence-corrected chi connectivity index (χ2v) is 6.71. The summed E-state index contributed by atoms with van der Waals surface area (Å²) in [6.07, 6.45) is 6.63. The van der Waals surface area contributed by atoms with Crippen molar-refractivity contribution < 1.29 is 0 Å². The van der Waals surface area contributed by atoms with Crippen molar-refractivity contribution in [1.29, 1.82) is 5.26 Å². The van der Waals surface area contributed by atoms with Crippen molar-refractivity contribution in [3.63, 3.8) is 0 Å². The first-order valence-corrected chi connectivity index (χ1v) is 8.21. The van der Waals surface area contributed by atoms with E-state index in [2.05, 4.69) is 22.5 Å². The number of fused-ring (bicyclic) bond motifs is 1. The Morgan fingerprint density at radius 3 is 3.05 bits per heavy atom. The lowest BCUT2D eigenvalue weighted by Crippen LogP contribution is -2.15. The predicted octanol–water partition coefficient (Wildman–Crippen LogP) is 4.79. The van der Waals surface area contributed by atoms with E-state index in [1.165, 1.54) is 32.1 Å². The van der Waals surface area contributed by atoms with Crippen molar-refractivity contribution in [2.24, 2.45) is 11.8 Å². The predicted molar refractivity (Wildman–Crippen MR) is 87.6 cm³/mol. The Balaban J connectivity index is 1.83. The zero-order valence-electron chi connectivity index (χ0n) is 12.4. The number of hydrogen-bond acceptors (Lipinski definition) is 2. The molecule has 1 N–H and O–H groups in total. The lowest BCUT2D eigenvalue weighted by Gasteiger charge is -2.26. The van der Waals surface area contributed by atoms with Crippen LogP contribution in [-0.4, -0.2) is 9.55 Å². The van der Waals surface area contributed by atoms with E-state index in [0.29, 0.717) is 5.56 Å². The van der Waals surface area contributed by atoms with Crippen molar-refractivity contribution in [1.82, 2.24) is 9.55 Å². The second-order valence-electron chi connectivity index (χ2n) is 6.32. The first kappa shape index (κ1) is 14.3. The molecule has 1 aliphatic carbocycles. The summed E-state index contributed by atoms with van der Waals surface area (Å²) in [6.45, 7) is 3.31. The highest BCUT2D eigenvalue weighted by Gasteiger charge is 2.19. The van der Waals surface area contributed by atoms with E-state index in [0.717, 1.165) is 34.2 Å². The third-order valence-corrected chi connectivity index (χ3v) is 5.06. The normalized spacial score (nSPS) is 22.3. The largest absolute Gasteiger partial charge is 0.329 e. The average Bonchev–Trinajstić information content (AvgIpc) is 2.80. The maximum Gasteiger partial charge on any atom is 0.178 e. The minimum Gasteiger partial charge on any atom is -0.329 e. The third kappa shape index (κ3) is 2.89. The van der Waals surface area contributed by atoms with E-state index in [-0.39, 0.29) is 0 Å². The molecule has 1 aromatic heterocycles. The molecule has 0 bridgehead atoms. The van der Waals surface area contributed by atoms with Crippen LogP contribution in [0.5, 0.6) is 0 Å². The van der Waals surface area contributed by atoms with Gasteiger partial charge < -0.3 is 9.55 Å². The van der Waals surface area contributed by atoms with Crippen LogP contribution in [0.25, 0.3) is 11.0 Å². The van der Waals surface area contributed by atoms with Crippen LogP contribution in [0, 0.1) is 27.9 Å². The summed E-state index contributed by atoms with van der Waals surface area (Å²) in [4.78, 5) is 3.20. The van der Waals surface area contributed by atoms with E-state index < -0.39 is 0 Å². The number of para-hydroxylation sites is 1. The van der Waals surface area contributed by atoms with Crippen LogP contribution in [0.4, 0.5) is 0 Å². The number of H-pyrrole nitrogens is 1. The number of aromatic nitrogens is 2. The molecule has 2 atom stereocenters. The second kappa shape index (κ2) is 6.03. The summed E-state index contributed by atoms with van der Waals surface area (Å²) < 4.78 is 2.89. The molecule has 0 amide bonds. The number of nitrogens with zero attached hydrogens (tertiary/aromatic N) is 2. The summed E-state index contributed by atoms with van der Waals surface area (Å²) >= 11 is 5.45. The topological polar surface area (TPSA) is 44.5 Å². The molecule has 21 heavy (non-hydrogen) atoms. The molecule has 2 unspecified atom stereocenters. The van der Waals surface area contributed by atoms with Gasteiger partial charge in [0.05, 0.1) is 16.6 Å². The number of aromatic amines is 1. The van der Waals surface area contributed by atoms with Gasteiger partial charge in [-0.3, -0.25) is 0 Å². The van der Waals surface area contributed by atoms with Crippen molar-refractivity contribution in [2.75, 3.05) is 0 Å². The van der Waals surface area contributed by atoms with Gasteiger partial charge in [-0.25, -0.2) is 0 Å². The van der Waals surface area contributed by atoms with Crippen LogP contribution in [0.2, 0.25) is 0 Å². The minimum absolute atomic E-state index is 0.670. The Hall–Kier alpha value is -1.60. The molecule has 1 fully saturated rings. The molecular formula is C17H21N3S. The average molecular weight is 299 g/mol. The zero-order valence-corrected chi connectivity index (χ0v) is 13.2. The Bertz CT molecular complexity index is 735. The molecule has 1 aliphatic rings. The lowest BCUT2D eigenvalue weighted by molar-refractivity contribution is 0.261. The van der Waals surface area contributed by atoms with Crippen LogP contribution in [-0.2, 0) is 6.54 Å². The van der Waals surface area contributed by atoms with Crippen LogP contribution in [0.1, 0.15) is 44.6 Å². The molecule has 0 radical (unpaired) electrons. The van der Waals surface area contributed by atoms with E-state index >= 15 is 0 Å². The van der Waals surface area contributed by atoms with Crippen molar-refractivity contribution in [3.05, 3.63) is 28.5 Å². The molecular weight excluding hydrogens is 278 g/mol. The van der Waals surface area contributed by atoms with Crippen molar-refractivity contribution in [3.8, 4) is 6.07 Å². The maximum absolute atomic E-state index is 9.19. The molecule has 2 aromatic rings. The van der Waals surface area contributed by atoms with Crippen LogP contribution >= 0.6 is 12.2 Å². The maximum atomic E-state index is 9.19. The summed E-state index contributed by atoms with van der Waals surface area (Å²) in [5, 5.41) is 9.19. The van der Waals surface area contributed by atoms with E-state index in [1.54, 1.807) is 0 Å². The highest BCUT2D eigenvalue weighted by molar-refractivity contribution is 7.71. The molecule has 3 nitrogen and oxygen atoms in total. The molecule has 0 aliphatic heterocycles. The fourth-order valence-electron chi connectivity index (χ4n) is 3.63. The van der Waals surface area contributed by atoms with Gasteiger partial charge in [0.25, 0.3) is 0 Å². The van der Waals surface area contributed by atoms with Gasteiger partial charge in [-0.15, -0.1) is 0 Å². The highest BCUT2D eigenvalue weighted by Crippen LogP contribution is 2.31. The number of nitrogens with one attached hydrogen (secondary N) is 1. The summed E-state index contributed by atoms with van der Waals surface area (Å²) in [7, 11) is 0. The van der Waals surface area contributed by atoms with E-state index in [9.17, 15) is 5.26 Å². The Morgan fingerprint density at radius 2 is 2.29 bits per heavy atom. The fraction of sp³-hybridized carbons (Fsp3) is 0.529.